The summed E-state index contributed by atoms with van der Waals surface area (Å²) in [5, 5.41) is 0. The summed E-state index contributed by atoms with van der Waals surface area (Å²) in [6.07, 6.45) is 20.4. The van der Waals surface area contributed by atoms with Gasteiger partial charge in [-0.3, -0.25) is 4.70 Å². The lowest BCUT2D eigenvalue weighted by molar-refractivity contribution is 0.538. The Balaban J connectivity index is -0.00000112. The molecule has 0 heterocycles. The van der Waals surface area contributed by atoms with Crippen molar-refractivity contribution < 1.29 is 4.70 Å². The summed E-state index contributed by atoms with van der Waals surface area (Å²) in [4.78, 5) is 0. The van der Waals surface area contributed by atoms with Gasteiger partial charge in [-0.15, -0.1) is 0 Å². The Bertz CT molecular complexity index is 104. The first-order chi connectivity index (χ1) is 7.91. The molecule has 0 spiro atoms. The summed E-state index contributed by atoms with van der Waals surface area (Å²) < 4.78 is 0. The summed E-state index contributed by atoms with van der Waals surface area (Å²) in [5.74, 6) is 0. The van der Waals surface area contributed by atoms with Gasteiger partial charge in [0.05, 0.1) is 0 Å². The maximum absolute atomic E-state index is 2.29. The maximum Gasteiger partial charge on any atom is -0.0533 e. The standard InChI is InChI=1S/C16H34.FH.H3N/c1-3-5-7-9-11-13-15-16-14-12-10-8-6-4-2;;/h3-16H2,1-2H3;1H;1H3. The minimum Gasteiger partial charge on any atom is -0.344 e. The molecule has 18 heavy (non-hydrogen) atoms. The van der Waals surface area contributed by atoms with Crippen molar-refractivity contribution in [2.24, 2.45) is 0 Å². The quantitative estimate of drug-likeness (QED) is 0.364. The zero-order valence-corrected chi connectivity index (χ0v) is 13.0. The highest BCUT2D eigenvalue weighted by atomic mass is 19.0. The first-order valence-electron chi connectivity index (χ1n) is 7.91. The van der Waals surface area contributed by atoms with Gasteiger partial charge in [-0.1, -0.05) is 104 Å². The van der Waals surface area contributed by atoms with Crippen LogP contribution in [0, 0.1) is 0 Å². The molecule has 0 aliphatic rings. The number of rotatable bonds is 13. The normalized spacial score (nSPS) is 9.67. The van der Waals surface area contributed by atoms with Crippen LogP contribution in [0.15, 0.2) is 0 Å². The molecule has 0 aromatic carbocycles. The topological polar surface area (TPSA) is 35.0 Å². The zero-order valence-electron chi connectivity index (χ0n) is 13.0. The molecule has 0 atom stereocenters. The minimum absolute atomic E-state index is 0. The lowest BCUT2D eigenvalue weighted by Gasteiger charge is -2.02. The van der Waals surface area contributed by atoms with Gasteiger partial charge in [0.2, 0.25) is 0 Å². The largest absolute Gasteiger partial charge is 0.344 e. The molecule has 0 aliphatic carbocycles. The molecule has 0 bridgehead atoms. The van der Waals surface area contributed by atoms with Crippen LogP contribution < -0.4 is 6.15 Å². The molecule has 0 unspecified atom stereocenters. The first kappa shape index (κ1) is 23.0. The Labute approximate surface area is 115 Å². The van der Waals surface area contributed by atoms with E-state index in [1.54, 1.807) is 0 Å². The summed E-state index contributed by atoms with van der Waals surface area (Å²) >= 11 is 0. The monoisotopic (exact) mass is 263 g/mol. The van der Waals surface area contributed by atoms with Crippen molar-refractivity contribution in [3.63, 3.8) is 0 Å². The van der Waals surface area contributed by atoms with E-state index in [2.05, 4.69) is 13.8 Å². The predicted molar refractivity (Wildman–Crippen MR) is 83.5 cm³/mol. The molecule has 1 nitrogen and oxygen atoms in total. The highest BCUT2D eigenvalue weighted by Crippen LogP contribution is 2.12. The van der Waals surface area contributed by atoms with Crippen LogP contribution in [-0.4, -0.2) is 0 Å². The molecule has 0 rings (SSSR count). The van der Waals surface area contributed by atoms with Gasteiger partial charge in [0.1, 0.15) is 0 Å². The van der Waals surface area contributed by atoms with Crippen LogP contribution in [0.1, 0.15) is 104 Å². The second-order valence-corrected chi connectivity index (χ2v) is 5.24. The molecule has 0 aliphatic heterocycles. The smallest absolute Gasteiger partial charge is 0.0533 e. The molecule has 0 aromatic rings. The summed E-state index contributed by atoms with van der Waals surface area (Å²) in [6, 6.07) is 0. The van der Waals surface area contributed by atoms with E-state index in [1.807, 2.05) is 0 Å². The van der Waals surface area contributed by atoms with E-state index in [-0.39, 0.29) is 10.9 Å². The molecular formula is C16H38FN. The Hall–Kier alpha value is -0.110. The van der Waals surface area contributed by atoms with Gasteiger partial charge in [-0.25, -0.2) is 0 Å². The molecule has 0 saturated carbocycles. The number of hydrogen-bond donors (Lipinski definition) is 1. The van der Waals surface area contributed by atoms with E-state index in [0.717, 1.165) is 0 Å². The lowest BCUT2D eigenvalue weighted by atomic mass is 10.0. The average Bonchev–Trinajstić information content (AvgIpc) is 2.31. The fourth-order valence-electron chi connectivity index (χ4n) is 2.27. The van der Waals surface area contributed by atoms with Gasteiger partial charge < -0.3 is 6.15 Å². The zero-order chi connectivity index (χ0) is 11.9. The van der Waals surface area contributed by atoms with Crippen molar-refractivity contribution in [3.05, 3.63) is 0 Å². The highest BCUT2D eigenvalue weighted by Gasteiger charge is 1.92. The molecule has 0 saturated heterocycles. The Kier molecular flexibility index (Phi) is 28.3. The van der Waals surface area contributed by atoms with Gasteiger partial charge in [0.15, 0.2) is 0 Å². The fourth-order valence-corrected chi connectivity index (χ4v) is 2.27. The summed E-state index contributed by atoms with van der Waals surface area (Å²) in [6.45, 7) is 4.58. The molecule has 114 valence electrons. The van der Waals surface area contributed by atoms with Crippen LogP contribution in [0.2, 0.25) is 0 Å². The molecule has 3 N–H and O–H groups in total. The Morgan fingerprint density at radius 1 is 0.389 bits per heavy atom. The van der Waals surface area contributed by atoms with Crippen LogP contribution in [0.4, 0.5) is 4.70 Å². The van der Waals surface area contributed by atoms with E-state index in [4.69, 9.17) is 0 Å². The van der Waals surface area contributed by atoms with Gasteiger partial charge in [0, 0.05) is 0 Å². The average molecular weight is 263 g/mol. The van der Waals surface area contributed by atoms with Gasteiger partial charge >= 0.3 is 0 Å². The predicted octanol–water partition coefficient (Wildman–Crippen LogP) is 6.80. The third kappa shape index (κ3) is 21.2. The molecule has 0 aromatic heterocycles. The van der Waals surface area contributed by atoms with E-state index in [9.17, 15) is 0 Å². The number of hydrogen-bond acceptors (Lipinski definition) is 1. The van der Waals surface area contributed by atoms with Crippen molar-refractivity contribution in [1.82, 2.24) is 6.15 Å². The maximum atomic E-state index is 2.29. The van der Waals surface area contributed by atoms with Crippen LogP contribution >= 0.6 is 0 Å². The van der Waals surface area contributed by atoms with Crippen molar-refractivity contribution in [2.75, 3.05) is 0 Å². The van der Waals surface area contributed by atoms with Crippen molar-refractivity contribution in [1.29, 1.82) is 0 Å². The second-order valence-electron chi connectivity index (χ2n) is 5.24. The van der Waals surface area contributed by atoms with Crippen LogP contribution in [0.25, 0.3) is 0 Å². The van der Waals surface area contributed by atoms with Crippen LogP contribution in [-0.2, 0) is 0 Å². The third-order valence-electron chi connectivity index (χ3n) is 3.46. The molecule has 0 fully saturated rings. The third-order valence-corrected chi connectivity index (χ3v) is 3.46. The first-order valence-corrected chi connectivity index (χ1v) is 7.91. The molecule has 0 amide bonds. The van der Waals surface area contributed by atoms with E-state index < -0.39 is 0 Å². The van der Waals surface area contributed by atoms with E-state index in [0.29, 0.717) is 0 Å². The minimum atomic E-state index is 0. The lowest BCUT2D eigenvalue weighted by Crippen LogP contribution is -1.82. The van der Waals surface area contributed by atoms with E-state index in [1.165, 1.54) is 89.9 Å². The summed E-state index contributed by atoms with van der Waals surface area (Å²) in [5.41, 5.74) is 0. The Morgan fingerprint density at radius 2 is 0.556 bits per heavy atom. The van der Waals surface area contributed by atoms with Gasteiger partial charge in [-0.05, 0) is 0 Å². The molecular weight excluding hydrogens is 225 g/mol. The van der Waals surface area contributed by atoms with Crippen molar-refractivity contribution in [2.45, 2.75) is 104 Å². The molecule has 0 radical (unpaired) electrons. The molecule has 2 heteroatoms. The number of unbranched alkanes of at least 4 members (excludes halogenated alkanes) is 13. The van der Waals surface area contributed by atoms with E-state index >= 15 is 0 Å². The van der Waals surface area contributed by atoms with Gasteiger partial charge in [-0.2, -0.15) is 0 Å². The SMILES string of the molecule is CCCCCCCCCCCCCCCC.F.N. The second kappa shape index (κ2) is 22.1. The number of halogens is 1. The van der Waals surface area contributed by atoms with Crippen LogP contribution in [0.5, 0.6) is 0 Å². The summed E-state index contributed by atoms with van der Waals surface area (Å²) in [7, 11) is 0. The highest BCUT2D eigenvalue weighted by molar-refractivity contribution is 4.48. The fraction of sp³-hybridized carbons (Fsp3) is 1.00. The Morgan fingerprint density at radius 3 is 0.722 bits per heavy atom. The van der Waals surface area contributed by atoms with Gasteiger partial charge in [0.25, 0.3) is 0 Å². The van der Waals surface area contributed by atoms with Crippen LogP contribution in [0.3, 0.4) is 0 Å². The van der Waals surface area contributed by atoms with Crippen molar-refractivity contribution >= 4 is 0 Å². The van der Waals surface area contributed by atoms with Crippen molar-refractivity contribution in [3.8, 4) is 0 Å².